The third-order valence-electron chi connectivity index (χ3n) is 6.20. The number of aryl methyl sites for hydroxylation is 1. The minimum Gasteiger partial charge on any atom is -0.340 e. The first-order valence-electron chi connectivity index (χ1n) is 10.8. The van der Waals surface area contributed by atoms with Gasteiger partial charge in [-0.2, -0.15) is 5.10 Å². The summed E-state index contributed by atoms with van der Waals surface area (Å²) in [5.74, 6) is 0.700. The summed E-state index contributed by atoms with van der Waals surface area (Å²) in [7, 11) is 0. The van der Waals surface area contributed by atoms with Crippen molar-refractivity contribution in [3.8, 4) is 0 Å². The topological polar surface area (TPSA) is 83.9 Å². The zero-order valence-electron chi connectivity index (χ0n) is 17.7. The molecule has 1 saturated heterocycles. The van der Waals surface area contributed by atoms with Crippen molar-refractivity contribution in [3.05, 3.63) is 70.4 Å². The number of nitrogens with zero attached hydrogens (tertiary/aromatic N) is 4. The number of H-pyrrole nitrogens is 1. The normalized spacial score (nSPS) is 17.9. The first-order chi connectivity index (χ1) is 15.0. The number of aromatic nitrogens is 4. The molecule has 1 amide bonds. The van der Waals surface area contributed by atoms with Crippen LogP contribution in [0, 0.1) is 6.92 Å². The number of hydrogen-bond donors (Lipinski definition) is 1. The molecule has 0 spiro atoms. The number of benzene rings is 2. The molecule has 0 saturated carbocycles. The molecule has 4 aromatic rings. The third-order valence-corrected chi connectivity index (χ3v) is 6.20. The quantitative estimate of drug-likeness (QED) is 0.550. The van der Waals surface area contributed by atoms with Crippen molar-refractivity contribution in [2.24, 2.45) is 0 Å². The summed E-state index contributed by atoms with van der Waals surface area (Å²) in [5, 5.41) is 5.64. The van der Waals surface area contributed by atoms with Gasteiger partial charge in [0.25, 0.3) is 5.56 Å². The Morgan fingerprint density at radius 3 is 2.90 bits per heavy atom. The number of piperidine rings is 1. The van der Waals surface area contributed by atoms with Crippen molar-refractivity contribution in [2.75, 3.05) is 6.54 Å². The van der Waals surface area contributed by atoms with E-state index in [-0.39, 0.29) is 17.5 Å². The van der Waals surface area contributed by atoms with Gasteiger partial charge < -0.3 is 9.88 Å². The summed E-state index contributed by atoms with van der Waals surface area (Å²) in [4.78, 5) is 36.5. The van der Waals surface area contributed by atoms with Crippen LogP contribution in [0.5, 0.6) is 0 Å². The van der Waals surface area contributed by atoms with E-state index < -0.39 is 6.04 Å². The monoisotopic (exact) mass is 415 g/mol. The number of aromatic amines is 1. The van der Waals surface area contributed by atoms with Crippen molar-refractivity contribution in [3.63, 3.8) is 0 Å². The SMILES string of the molecule is Cc1ccc2nc([C@@H]3CCCCN3C(=O)[C@H](C)n3ncc4ccccc4c3=O)[nH]c2c1. The Morgan fingerprint density at radius 2 is 2.03 bits per heavy atom. The van der Waals surface area contributed by atoms with E-state index in [0.29, 0.717) is 11.9 Å². The zero-order chi connectivity index (χ0) is 21.5. The molecule has 1 aliphatic heterocycles. The fourth-order valence-corrected chi connectivity index (χ4v) is 4.51. The van der Waals surface area contributed by atoms with E-state index in [4.69, 9.17) is 4.98 Å². The van der Waals surface area contributed by atoms with Gasteiger partial charge in [-0.25, -0.2) is 9.67 Å². The fourth-order valence-electron chi connectivity index (χ4n) is 4.51. The molecular formula is C24H25N5O2. The van der Waals surface area contributed by atoms with E-state index in [0.717, 1.165) is 47.1 Å². The average Bonchev–Trinajstić information content (AvgIpc) is 3.21. The predicted molar refractivity (Wildman–Crippen MR) is 120 cm³/mol. The first-order valence-corrected chi connectivity index (χ1v) is 10.8. The average molecular weight is 415 g/mol. The molecule has 31 heavy (non-hydrogen) atoms. The molecule has 0 aliphatic carbocycles. The molecule has 7 heteroatoms. The van der Waals surface area contributed by atoms with Crippen LogP contribution >= 0.6 is 0 Å². The van der Waals surface area contributed by atoms with Crippen LogP contribution in [-0.4, -0.2) is 37.1 Å². The van der Waals surface area contributed by atoms with Gasteiger partial charge in [0, 0.05) is 11.9 Å². The number of rotatable bonds is 3. The maximum absolute atomic E-state index is 13.5. The highest BCUT2D eigenvalue weighted by Gasteiger charge is 2.34. The number of amides is 1. The second kappa shape index (κ2) is 7.65. The van der Waals surface area contributed by atoms with Gasteiger partial charge >= 0.3 is 0 Å². The number of carbonyl (C=O) groups is 1. The maximum atomic E-state index is 13.5. The standard InChI is InChI=1S/C24H25N5O2/c1-15-10-11-19-20(13-15)27-22(26-19)21-9-5-6-12-28(21)23(30)16(2)29-24(31)18-8-4-3-7-17(18)14-25-29/h3-4,7-8,10-11,13-14,16,21H,5-6,9,12H2,1-2H3,(H,26,27)/t16-,21-/m0/s1. The third kappa shape index (κ3) is 3.40. The lowest BCUT2D eigenvalue weighted by Gasteiger charge is -2.36. The van der Waals surface area contributed by atoms with Crippen molar-refractivity contribution >= 4 is 27.7 Å². The highest BCUT2D eigenvalue weighted by Crippen LogP contribution is 2.32. The summed E-state index contributed by atoms with van der Waals surface area (Å²) in [6.07, 6.45) is 4.47. The number of hydrogen-bond acceptors (Lipinski definition) is 4. The van der Waals surface area contributed by atoms with Gasteiger partial charge in [-0.3, -0.25) is 9.59 Å². The van der Waals surface area contributed by atoms with E-state index in [9.17, 15) is 9.59 Å². The molecule has 158 valence electrons. The number of nitrogens with one attached hydrogen (secondary N) is 1. The maximum Gasteiger partial charge on any atom is 0.275 e. The highest BCUT2D eigenvalue weighted by atomic mass is 16.2. The van der Waals surface area contributed by atoms with Crippen molar-refractivity contribution in [1.82, 2.24) is 24.6 Å². The second-order valence-electron chi connectivity index (χ2n) is 8.34. The Morgan fingerprint density at radius 1 is 1.19 bits per heavy atom. The summed E-state index contributed by atoms with van der Waals surface area (Å²) in [6, 6.07) is 12.6. The Bertz CT molecular complexity index is 1340. The summed E-state index contributed by atoms with van der Waals surface area (Å²) >= 11 is 0. The minimum absolute atomic E-state index is 0.105. The van der Waals surface area contributed by atoms with Gasteiger partial charge in [-0.15, -0.1) is 0 Å². The van der Waals surface area contributed by atoms with Crippen LogP contribution in [-0.2, 0) is 4.79 Å². The highest BCUT2D eigenvalue weighted by molar-refractivity contribution is 5.83. The lowest BCUT2D eigenvalue weighted by molar-refractivity contribution is -0.138. The predicted octanol–water partition coefficient (Wildman–Crippen LogP) is 3.90. The van der Waals surface area contributed by atoms with Gasteiger partial charge in [0.2, 0.25) is 5.91 Å². The van der Waals surface area contributed by atoms with Crippen LogP contribution < -0.4 is 5.56 Å². The molecule has 0 bridgehead atoms. The first kappa shape index (κ1) is 19.5. The molecular weight excluding hydrogens is 390 g/mol. The van der Waals surface area contributed by atoms with Gasteiger partial charge in [-0.05, 0) is 56.9 Å². The Hall–Kier alpha value is -3.48. The van der Waals surface area contributed by atoms with Crippen LogP contribution in [0.25, 0.3) is 21.8 Å². The summed E-state index contributed by atoms with van der Waals surface area (Å²) in [6.45, 7) is 4.44. The molecule has 2 aromatic heterocycles. The molecule has 0 radical (unpaired) electrons. The smallest absolute Gasteiger partial charge is 0.275 e. The van der Waals surface area contributed by atoms with Crippen LogP contribution in [0.15, 0.2) is 53.5 Å². The summed E-state index contributed by atoms with van der Waals surface area (Å²) < 4.78 is 1.30. The van der Waals surface area contributed by atoms with Crippen LogP contribution in [0.4, 0.5) is 0 Å². The van der Waals surface area contributed by atoms with Crippen molar-refractivity contribution < 1.29 is 4.79 Å². The number of imidazole rings is 1. The molecule has 2 aromatic carbocycles. The second-order valence-corrected chi connectivity index (χ2v) is 8.34. The zero-order valence-corrected chi connectivity index (χ0v) is 17.7. The molecule has 1 N–H and O–H groups in total. The number of fused-ring (bicyclic) bond motifs is 2. The van der Waals surface area contributed by atoms with Crippen molar-refractivity contribution in [2.45, 2.75) is 45.2 Å². The van der Waals surface area contributed by atoms with Crippen molar-refractivity contribution in [1.29, 1.82) is 0 Å². The molecule has 1 aliphatic rings. The van der Waals surface area contributed by atoms with Gasteiger partial charge in [0.1, 0.15) is 11.9 Å². The van der Waals surface area contributed by atoms with E-state index in [1.165, 1.54) is 4.68 Å². The summed E-state index contributed by atoms with van der Waals surface area (Å²) in [5.41, 5.74) is 2.80. The van der Waals surface area contributed by atoms with Crippen LogP contribution in [0.3, 0.4) is 0 Å². The lowest BCUT2D eigenvalue weighted by Crippen LogP contribution is -2.44. The van der Waals surface area contributed by atoms with E-state index in [2.05, 4.69) is 16.1 Å². The lowest BCUT2D eigenvalue weighted by atomic mass is 10.0. The molecule has 5 rings (SSSR count). The molecule has 3 heterocycles. The van der Waals surface area contributed by atoms with E-state index in [1.807, 2.05) is 42.2 Å². The van der Waals surface area contributed by atoms with Crippen LogP contribution in [0.1, 0.15) is 49.7 Å². The van der Waals surface area contributed by atoms with E-state index >= 15 is 0 Å². The molecule has 7 nitrogen and oxygen atoms in total. The Balaban J connectivity index is 1.49. The number of likely N-dealkylation sites (tertiary alicyclic amines) is 1. The van der Waals surface area contributed by atoms with Gasteiger partial charge in [0.05, 0.1) is 28.7 Å². The molecule has 1 fully saturated rings. The molecule has 2 atom stereocenters. The minimum atomic E-state index is -0.690. The Kier molecular flexibility index (Phi) is 4.81. The number of carbonyl (C=O) groups excluding carboxylic acids is 1. The fraction of sp³-hybridized carbons (Fsp3) is 0.333. The van der Waals surface area contributed by atoms with E-state index in [1.54, 1.807) is 19.2 Å². The Labute approximate surface area is 179 Å². The largest absolute Gasteiger partial charge is 0.340 e. The van der Waals surface area contributed by atoms with Crippen LogP contribution in [0.2, 0.25) is 0 Å². The molecule has 0 unspecified atom stereocenters. The van der Waals surface area contributed by atoms with Gasteiger partial charge in [0.15, 0.2) is 0 Å². The van der Waals surface area contributed by atoms with Gasteiger partial charge in [-0.1, -0.05) is 24.3 Å².